The Morgan fingerprint density at radius 2 is 1.90 bits per heavy atom. The van der Waals surface area contributed by atoms with Gasteiger partial charge in [-0.05, 0) is 38.0 Å². The van der Waals surface area contributed by atoms with Crippen molar-refractivity contribution in [3.05, 3.63) is 0 Å². The number of carbonyl (C=O) groups excluding carboxylic acids is 1. The van der Waals surface area contributed by atoms with Crippen molar-refractivity contribution in [1.82, 2.24) is 5.32 Å². The summed E-state index contributed by atoms with van der Waals surface area (Å²) >= 11 is 0. The van der Waals surface area contributed by atoms with Crippen molar-refractivity contribution in [2.75, 3.05) is 13.2 Å². The smallest absolute Gasteiger partial charge is 0.329 e. The molecule has 0 bridgehead atoms. The van der Waals surface area contributed by atoms with Crippen LogP contribution in [0.25, 0.3) is 0 Å². The fraction of sp³-hybridized carbons (Fsp3) is 0.867. The van der Waals surface area contributed by atoms with Crippen molar-refractivity contribution in [1.29, 1.82) is 0 Å². The molecule has 5 nitrogen and oxygen atoms in total. The molecule has 1 rings (SSSR count). The Labute approximate surface area is 121 Å². The Morgan fingerprint density at radius 1 is 1.25 bits per heavy atom. The molecule has 0 aromatic carbocycles. The molecule has 0 atom stereocenters. The number of carboxylic acids is 1. The van der Waals surface area contributed by atoms with Crippen molar-refractivity contribution in [3.8, 4) is 0 Å². The minimum atomic E-state index is -1.06. The van der Waals surface area contributed by atoms with Gasteiger partial charge in [0.05, 0.1) is 6.61 Å². The van der Waals surface area contributed by atoms with Crippen LogP contribution in [0, 0.1) is 5.92 Å². The fourth-order valence-electron chi connectivity index (χ4n) is 2.71. The van der Waals surface area contributed by atoms with Gasteiger partial charge in [-0.2, -0.15) is 0 Å². The molecular formula is C15H27NO4. The van der Waals surface area contributed by atoms with E-state index in [-0.39, 0.29) is 12.3 Å². The summed E-state index contributed by atoms with van der Waals surface area (Å²) in [4.78, 5) is 23.4. The van der Waals surface area contributed by atoms with E-state index in [9.17, 15) is 14.7 Å². The topological polar surface area (TPSA) is 75.6 Å². The van der Waals surface area contributed by atoms with Gasteiger partial charge < -0.3 is 15.2 Å². The van der Waals surface area contributed by atoms with Crippen LogP contribution in [0.15, 0.2) is 0 Å². The summed E-state index contributed by atoms with van der Waals surface area (Å²) in [6.45, 7) is 5.12. The molecule has 0 aromatic rings. The van der Waals surface area contributed by atoms with E-state index in [0.29, 0.717) is 32.0 Å². The number of hydrogen-bond donors (Lipinski definition) is 2. The van der Waals surface area contributed by atoms with Crippen LogP contribution in [0.5, 0.6) is 0 Å². The summed E-state index contributed by atoms with van der Waals surface area (Å²) in [7, 11) is 0. The number of ether oxygens (including phenoxy) is 1. The maximum atomic E-state index is 11.9. The van der Waals surface area contributed by atoms with E-state index in [2.05, 4.69) is 12.2 Å². The molecule has 0 aromatic heterocycles. The van der Waals surface area contributed by atoms with Crippen LogP contribution >= 0.6 is 0 Å². The standard InChI is InChI=1S/C15H27NO4/c1-3-10-20-11-7-13(17)16-15(14(18)19)8-5-12(4-2)6-9-15/h12H,3-11H2,1-2H3,(H,16,17)(H,18,19). The Hall–Kier alpha value is -1.10. The van der Waals surface area contributed by atoms with Gasteiger partial charge in [0.15, 0.2) is 0 Å². The molecule has 0 heterocycles. The normalized spacial score (nSPS) is 26.2. The lowest BCUT2D eigenvalue weighted by atomic mass is 9.75. The number of hydrogen-bond acceptors (Lipinski definition) is 3. The van der Waals surface area contributed by atoms with Crippen molar-refractivity contribution < 1.29 is 19.4 Å². The first-order valence-corrected chi connectivity index (χ1v) is 7.66. The third-order valence-corrected chi connectivity index (χ3v) is 4.15. The number of aliphatic carboxylic acids is 1. The van der Waals surface area contributed by atoms with Gasteiger partial charge >= 0.3 is 5.97 Å². The SMILES string of the molecule is CCCOCCC(=O)NC1(C(=O)O)CCC(CC)CC1. The highest BCUT2D eigenvalue weighted by atomic mass is 16.5. The van der Waals surface area contributed by atoms with Gasteiger partial charge in [0, 0.05) is 13.0 Å². The molecule has 0 unspecified atom stereocenters. The summed E-state index contributed by atoms with van der Waals surface area (Å²) in [6, 6.07) is 0. The molecule has 0 aliphatic heterocycles. The third kappa shape index (κ3) is 4.78. The molecule has 1 fully saturated rings. The van der Waals surface area contributed by atoms with Gasteiger partial charge in [-0.3, -0.25) is 4.79 Å². The largest absolute Gasteiger partial charge is 0.480 e. The summed E-state index contributed by atoms with van der Waals surface area (Å²) in [5, 5.41) is 12.2. The van der Waals surface area contributed by atoms with Crippen LogP contribution in [0.2, 0.25) is 0 Å². The average Bonchev–Trinajstić information content (AvgIpc) is 2.44. The zero-order valence-corrected chi connectivity index (χ0v) is 12.6. The first-order valence-electron chi connectivity index (χ1n) is 7.66. The van der Waals surface area contributed by atoms with E-state index in [1.807, 2.05) is 6.92 Å². The Balaban J connectivity index is 2.47. The predicted octanol–water partition coefficient (Wildman–Crippen LogP) is 2.34. The van der Waals surface area contributed by atoms with Gasteiger partial charge in [-0.1, -0.05) is 20.3 Å². The second-order valence-corrected chi connectivity index (χ2v) is 5.65. The van der Waals surface area contributed by atoms with Crippen LogP contribution in [-0.2, 0) is 14.3 Å². The molecule has 1 amide bonds. The minimum Gasteiger partial charge on any atom is -0.480 e. The molecule has 2 N–H and O–H groups in total. The second kappa shape index (κ2) is 8.25. The van der Waals surface area contributed by atoms with Crippen LogP contribution in [0.1, 0.15) is 58.8 Å². The second-order valence-electron chi connectivity index (χ2n) is 5.65. The summed E-state index contributed by atoms with van der Waals surface area (Å²) in [5.41, 5.74) is -1.06. The average molecular weight is 285 g/mol. The summed E-state index contributed by atoms with van der Waals surface area (Å²) < 4.78 is 5.26. The number of nitrogens with one attached hydrogen (secondary N) is 1. The van der Waals surface area contributed by atoms with Gasteiger partial charge in [0.2, 0.25) is 5.91 Å². The highest BCUT2D eigenvalue weighted by Gasteiger charge is 2.42. The highest BCUT2D eigenvalue weighted by Crippen LogP contribution is 2.34. The molecular weight excluding hydrogens is 258 g/mol. The van der Waals surface area contributed by atoms with Gasteiger partial charge in [-0.25, -0.2) is 4.79 Å². The molecule has 116 valence electrons. The molecule has 0 saturated heterocycles. The molecule has 5 heteroatoms. The lowest BCUT2D eigenvalue weighted by Crippen LogP contribution is -2.56. The highest BCUT2D eigenvalue weighted by molar-refractivity contribution is 5.87. The summed E-state index contributed by atoms with van der Waals surface area (Å²) in [6.07, 6.45) is 5.02. The molecule has 0 spiro atoms. The molecule has 1 aliphatic carbocycles. The quantitative estimate of drug-likeness (QED) is 0.671. The number of carbonyl (C=O) groups is 2. The van der Waals surface area contributed by atoms with Crippen LogP contribution in [0.3, 0.4) is 0 Å². The van der Waals surface area contributed by atoms with Crippen molar-refractivity contribution in [2.24, 2.45) is 5.92 Å². The van der Waals surface area contributed by atoms with Crippen molar-refractivity contribution >= 4 is 11.9 Å². The predicted molar refractivity (Wildman–Crippen MR) is 76.5 cm³/mol. The van der Waals surface area contributed by atoms with E-state index in [4.69, 9.17) is 4.74 Å². The fourth-order valence-corrected chi connectivity index (χ4v) is 2.71. The van der Waals surface area contributed by atoms with E-state index in [1.165, 1.54) is 0 Å². The molecule has 20 heavy (non-hydrogen) atoms. The van der Waals surface area contributed by atoms with Crippen LogP contribution in [0.4, 0.5) is 0 Å². The van der Waals surface area contributed by atoms with Gasteiger partial charge in [-0.15, -0.1) is 0 Å². The summed E-state index contributed by atoms with van der Waals surface area (Å²) in [5.74, 6) is -0.541. The van der Waals surface area contributed by atoms with E-state index in [1.54, 1.807) is 0 Å². The number of carboxylic acid groups (broad SMARTS) is 1. The zero-order chi connectivity index (χ0) is 15.0. The van der Waals surface area contributed by atoms with E-state index < -0.39 is 11.5 Å². The van der Waals surface area contributed by atoms with Gasteiger partial charge in [0.1, 0.15) is 5.54 Å². The monoisotopic (exact) mass is 285 g/mol. The van der Waals surface area contributed by atoms with Crippen LogP contribution < -0.4 is 5.32 Å². The maximum Gasteiger partial charge on any atom is 0.329 e. The van der Waals surface area contributed by atoms with Crippen molar-refractivity contribution in [3.63, 3.8) is 0 Å². The van der Waals surface area contributed by atoms with E-state index in [0.717, 1.165) is 25.7 Å². The zero-order valence-electron chi connectivity index (χ0n) is 12.6. The Bertz CT molecular complexity index is 322. The third-order valence-electron chi connectivity index (χ3n) is 4.15. The van der Waals surface area contributed by atoms with Gasteiger partial charge in [0.25, 0.3) is 0 Å². The van der Waals surface area contributed by atoms with E-state index >= 15 is 0 Å². The molecule has 1 aliphatic rings. The first kappa shape index (κ1) is 17.0. The van der Waals surface area contributed by atoms with Crippen LogP contribution in [-0.4, -0.2) is 35.7 Å². The molecule has 0 radical (unpaired) electrons. The lowest BCUT2D eigenvalue weighted by molar-refractivity contribution is -0.150. The Kier molecular flexibility index (Phi) is 6.99. The first-order chi connectivity index (χ1) is 9.54. The lowest BCUT2D eigenvalue weighted by Gasteiger charge is -2.37. The van der Waals surface area contributed by atoms with Crippen molar-refractivity contribution in [2.45, 2.75) is 64.3 Å². The Morgan fingerprint density at radius 3 is 2.40 bits per heavy atom. The molecule has 1 saturated carbocycles. The number of amides is 1. The maximum absolute atomic E-state index is 11.9. The minimum absolute atomic E-state index is 0.224. The number of rotatable bonds is 8.